The first-order valence-corrected chi connectivity index (χ1v) is 10.4. The van der Waals surface area contributed by atoms with Crippen LogP contribution in [0, 0.1) is 5.92 Å². The predicted octanol–water partition coefficient (Wildman–Crippen LogP) is 3.31. The standard InChI is InChI=1S/C24H30N2O4/c1-29-21-10-9-20(16-22(21)30-2)24(28)26-14-12-19(13-15-26)17-25-23(27)11-8-18-6-4-3-5-7-18/h3-7,9-10,16,19H,8,11-15,17H2,1-2H3,(H,25,27). The lowest BCUT2D eigenvalue weighted by Crippen LogP contribution is -2.41. The number of hydrogen-bond donors (Lipinski definition) is 1. The largest absolute Gasteiger partial charge is 0.493 e. The fourth-order valence-electron chi connectivity index (χ4n) is 3.74. The second-order valence-corrected chi connectivity index (χ2v) is 7.60. The summed E-state index contributed by atoms with van der Waals surface area (Å²) in [5.41, 5.74) is 1.77. The molecular formula is C24H30N2O4. The zero-order valence-electron chi connectivity index (χ0n) is 17.7. The van der Waals surface area contributed by atoms with Crippen molar-refractivity contribution < 1.29 is 19.1 Å². The van der Waals surface area contributed by atoms with E-state index in [-0.39, 0.29) is 11.8 Å². The van der Waals surface area contributed by atoms with E-state index >= 15 is 0 Å². The van der Waals surface area contributed by atoms with Crippen LogP contribution in [0.4, 0.5) is 0 Å². The van der Waals surface area contributed by atoms with Crippen molar-refractivity contribution in [2.24, 2.45) is 5.92 Å². The molecule has 1 aliphatic heterocycles. The van der Waals surface area contributed by atoms with Crippen molar-refractivity contribution >= 4 is 11.8 Å². The third kappa shape index (κ3) is 5.75. The molecule has 6 heteroatoms. The minimum atomic E-state index is 0.00120. The van der Waals surface area contributed by atoms with Crippen molar-refractivity contribution in [3.05, 3.63) is 59.7 Å². The van der Waals surface area contributed by atoms with Crippen LogP contribution in [-0.2, 0) is 11.2 Å². The van der Waals surface area contributed by atoms with E-state index in [1.165, 1.54) is 5.56 Å². The van der Waals surface area contributed by atoms with Crippen LogP contribution in [0.5, 0.6) is 11.5 Å². The number of benzene rings is 2. The number of rotatable bonds is 8. The van der Waals surface area contributed by atoms with E-state index in [9.17, 15) is 9.59 Å². The Kier molecular flexibility index (Phi) is 7.71. The highest BCUT2D eigenvalue weighted by molar-refractivity contribution is 5.95. The monoisotopic (exact) mass is 410 g/mol. The summed E-state index contributed by atoms with van der Waals surface area (Å²) in [4.78, 5) is 26.8. The molecule has 0 radical (unpaired) electrons. The first-order chi connectivity index (χ1) is 14.6. The molecule has 1 fully saturated rings. The van der Waals surface area contributed by atoms with Crippen LogP contribution in [0.1, 0.15) is 35.2 Å². The fourth-order valence-corrected chi connectivity index (χ4v) is 3.74. The Morgan fingerprint density at radius 3 is 2.37 bits per heavy atom. The Balaban J connectivity index is 1.42. The first-order valence-electron chi connectivity index (χ1n) is 10.4. The average Bonchev–Trinajstić information content (AvgIpc) is 2.81. The van der Waals surface area contributed by atoms with Gasteiger partial charge in [-0.15, -0.1) is 0 Å². The van der Waals surface area contributed by atoms with Gasteiger partial charge in [0.2, 0.25) is 5.91 Å². The highest BCUT2D eigenvalue weighted by Gasteiger charge is 2.24. The van der Waals surface area contributed by atoms with Gasteiger partial charge in [-0.1, -0.05) is 30.3 Å². The van der Waals surface area contributed by atoms with Crippen molar-refractivity contribution in [2.45, 2.75) is 25.7 Å². The molecule has 1 heterocycles. The van der Waals surface area contributed by atoms with Gasteiger partial charge >= 0.3 is 0 Å². The maximum Gasteiger partial charge on any atom is 0.253 e. The number of nitrogens with zero attached hydrogens (tertiary/aromatic N) is 1. The van der Waals surface area contributed by atoms with Crippen molar-refractivity contribution in [1.82, 2.24) is 10.2 Å². The van der Waals surface area contributed by atoms with Gasteiger partial charge in [0.25, 0.3) is 5.91 Å². The van der Waals surface area contributed by atoms with Crippen molar-refractivity contribution in [2.75, 3.05) is 33.9 Å². The summed E-state index contributed by atoms with van der Waals surface area (Å²) < 4.78 is 10.5. The Hall–Kier alpha value is -3.02. The minimum Gasteiger partial charge on any atom is -0.493 e. The van der Waals surface area contributed by atoms with Crippen molar-refractivity contribution in [1.29, 1.82) is 0 Å². The normalized spacial score (nSPS) is 14.3. The highest BCUT2D eigenvalue weighted by atomic mass is 16.5. The molecule has 1 aliphatic rings. The molecule has 0 bridgehead atoms. The first kappa shape index (κ1) is 21.7. The maximum atomic E-state index is 12.8. The summed E-state index contributed by atoms with van der Waals surface area (Å²) in [6.45, 7) is 2.06. The molecule has 2 aromatic rings. The van der Waals surface area contributed by atoms with Crippen LogP contribution in [-0.4, -0.2) is 50.6 Å². The number of carbonyl (C=O) groups excluding carboxylic acids is 2. The molecule has 1 saturated heterocycles. The lowest BCUT2D eigenvalue weighted by Gasteiger charge is -2.32. The van der Waals surface area contributed by atoms with E-state index in [1.807, 2.05) is 35.2 Å². The van der Waals surface area contributed by atoms with E-state index in [0.717, 1.165) is 19.3 Å². The van der Waals surface area contributed by atoms with Gasteiger partial charge in [0.15, 0.2) is 11.5 Å². The van der Waals surface area contributed by atoms with E-state index in [4.69, 9.17) is 9.47 Å². The highest BCUT2D eigenvalue weighted by Crippen LogP contribution is 2.28. The zero-order chi connectivity index (χ0) is 21.3. The van der Waals surface area contributed by atoms with Crippen molar-refractivity contribution in [3.63, 3.8) is 0 Å². The van der Waals surface area contributed by atoms with Crippen LogP contribution < -0.4 is 14.8 Å². The van der Waals surface area contributed by atoms with Gasteiger partial charge in [-0.2, -0.15) is 0 Å². The molecule has 0 aromatic heterocycles. The third-order valence-electron chi connectivity index (χ3n) is 5.60. The van der Waals surface area contributed by atoms with Gasteiger partial charge in [-0.3, -0.25) is 9.59 Å². The lowest BCUT2D eigenvalue weighted by atomic mass is 9.96. The summed E-state index contributed by atoms with van der Waals surface area (Å²) >= 11 is 0. The molecule has 2 aromatic carbocycles. The van der Waals surface area contributed by atoms with Crippen LogP contribution in [0.2, 0.25) is 0 Å². The molecule has 30 heavy (non-hydrogen) atoms. The Labute approximate surface area is 178 Å². The van der Waals surface area contributed by atoms with Gasteiger partial charge < -0.3 is 19.7 Å². The molecule has 160 valence electrons. The number of aryl methyl sites for hydroxylation is 1. The Morgan fingerprint density at radius 2 is 1.70 bits per heavy atom. The average molecular weight is 411 g/mol. The zero-order valence-corrected chi connectivity index (χ0v) is 17.7. The van der Waals surface area contributed by atoms with E-state index in [2.05, 4.69) is 5.32 Å². The topological polar surface area (TPSA) is 67.9 Å². The number of ether oxygens (including phenoxy) is 2. The Bertz CT molecular complexity index is 846. The van der Waals surface area contributed by atoms with Gasteiger partial charge in [0.1, 0.15) is 0 Å². The van der Waals surface area contributed by atoms with Crippen LogP contribution in [0.25, 0.3) is 0 Å². The molecule has 3 rings (SSSR count). The number of piperidine rings is 1. The molecule has 0 saturated carbocycles. The number of carbonyl (C=O) groups is 2. The minimum absolute atomic E-state index is 0.00120. The van der Waals surface area contributed by atoms with Gasteiger partial charge in [-0.05, 0) is 48.9 Å². The summed E-state index contributed by atoms with van der Waals surface area (Å²) in [7, 11) is 3.14. The number of amides is 2. The second-order valence-electron chi connectivity index (χ2n) is 7.60. The predicted molar refractivity (Wildman–Crippen MR) is 116 cm³/mol. The summed E-state index contributed by atoms with van der Waals surface area (Å²) in [5.74, 6) is 1.65. The van der Waals surface area contributed by atoms with Crippen LogP contribution in [0.3, 0.4) is 0 Å². The third-order valence-corrected chi connectivity index (χ3v) is 5.60. The summed E-state index contributed by atoms with van der Waals surface area (Å²) in [6.07, 6.45) is 3.03. The molecule has 1 N–H and O–H groups in total. The van der Waals surface area contributed by atoms with E-state index < -0.39 is 0 Å². The molecule has 0 unspecified atom stereocenters. The Morgan fingerprint density at radius 1 is 1.00 bits per heavy atom. The SMILES string of the molecule is COc1ccc(C(=O)N2CCC(CNC(=O)CCc3ccccc3)CC2)cc1OC. The van der Waals surface area contributed by atoms with Gasteiger partial charge in [0.05, 0.1) is 14.2 Å². The number of hydrogen-bond acceptors (Lipinski definition) is 4. The molecule has 0 atom stereocenters. The van der Waals surface area contributed by atoms with Crippen LogP contribution >= 0.6 is 0 Å². The summed E-state index contributed by atoms with van der Waals surface area (Å²) in [6, 6.07) is 15.3. The maximum absolute atomic E-state index is 12.8. The molecule has 0 aliphatic carbocycles. The van der Waals surface area contributed by atoms with Crippen LogP contribution in [0.15, 0.2) is 48.5 Å². The lowest BCUT2D eigenvalue weighted by molar-refractivity contribution is -0.121. The molecule has 2 amide bonds. The smallest absolute Gasteiger partial charge is 0.253 e. The molecular weight excluding hydrogens is 380 g/mol. The number of nitrogens with one attached hydrogen (secondary N) is 1. The van der Waals surface area contributed by atoms with E-state index in [0.29, 0.717) is 49.0 Å². The van der Waals surface area contributed by atoms with E-state index in [1.54, 1.807) is 32.4 Å². The molecule has 6 nitrogen and oxygen atoms in total. The quantitative estimate of drug-likeness (QED) is 0.725. The fraction of sp³-hybridized carbons (Fsp3) is 0.417. The number of likely N-dealkylation sites (tertiary alicyclic amines) is 1. The summed E-state index contributed by atoms with van der Waals surface area (Å²) in [5, 5.41) is 3.05. The van der Waals surface area contributed by atoms with Gasteiger partial charge in [0, 0.05) is 31.6 Å². The van der Waals surface area contributed by atoms with Gasteiger partial charge in [-0.25, -0.2) is 0 Å². The number of methoxy groups -OCH3 is 2. The van der Waals surface area contributed by atoms with Crippen molar-refractivity contribution in [3.8, 4) is 11.5 Å². The molecule has 0 spiro atoms. The second kappa shape index (κ2) is 10.7.